The van der Waals surface area contributed by atoms with Crippen molar-refractivity contribution in [2.24, 2.45) is 0 Å². The number of nitriles is 1. The molecule has 1 aliphatic heterocycles. The van der Waals surface area contributed by atoms with E-state index in [0.717, 1.165) is 30.3 Å². The molecule has 1 N–H and O–H groups in total. The number of aliphatic hydroxyl groups is 1. The smallest absolute Gasteiger partial charge is 0.382 e. The standard InChI is InChI=1S/C17H9F4NO4S/c18-9-3-8(7-22)4-10(5-9)26-12-1-2-13-15-14(12)11(19)6-16(15,23)17(20,21)27(13,24)25/h1-5,11,23H,6H2/t11-,16+/m1/s1. The lowest BCUT2D eigenvalue weighted by atomic mass is 9.96. The largest absolute Gasteiger partial charge is 0.457 e. The summed E-state index contributed by atoms with van der Waals surface area (Å²) in [7, 11) is -5.20. The Labute approximate surface area is 150 Å². The monoisotopic (exact) mass is 399 g/mol. The van der Waals surface area contributed by atoms with E-state index in [1.807, 2.05) is 0 Å². The summed E-state index contributed by atoms with van der Waals surface area (Å²) in [6.07, 6.45) is -3.28. The average molecular weight is 399 g/mol. The molecule has 2 aromatic carbocycles. The van der Waals surface area contributed by atoms with Gasteiger partial charge in [-0.1, -0.05) is 0 Å². The molecule has 140 valence electrons. The number of sulfone groups is 1. The van der Waals surface area contributed by atoms with Crippen LogP contribution in [0.3, 0.4) is 0 Å². The molecule has 0 aromatic heterocycles. The molecule has 0 saturated heterocycles. The predicted octanol–water partition coefficient (Wildman–Crippen LogP) is 3.47. The first-order valence-electron chi connectivity index (χ1n) is 7.58. The molecule has 0 spiro atoms. The highest BCUT2D eigenvalue weighted by molar-refractivity contribution is 7.93. The van der Waals surface area contributed by atoms with Gasteiger partial charge in [-0.25, -0.2) is 17.2 Å². The zero-order valence-corrected chi connectivity index (χ0v) is 14.0. The van der Waals surface area contributed by atoms with Crippen LogP contribution >= 0.6 is 0 Å². The second-order valence-corrected chi connectivity index (χ2v) is 8.25. The van der Waals surface area contributed by atoms with Crippen LogP contribution in [0, 0.1) is 17.1 Å². The summed E-state index contributed by atoms with van der Waals surface area (Å²) in [5.74, 6) is -1.37. The molecule has 10 heteroatoms. The molecule has 1 aliphatic carbocycles. The Morgan fingerprint density at radius 3 is 2.63 bits per heavy atom. The lowest BCUT2D eigenvalue weighted by molar-refractivity contribution is -0.132. The van der Waals surface area contributed by atoms with E-state index in [1.165, 1.54) is 0 Å². The highest BCUT2D eigenvalue weighted by Gasteiger charge is 2.74. The normalized spacial score (nSPS) is 26.4. The molecule has 0 unspecified atom stereocenters. The maximum atomic E-state index is 14.5. The SMILES string of the molecule is N#Cc1cc(F)cc(Oc2ccc3c4c2[C@H](F)C[C@@]4(O)C(F)(F)S3(=O)=O)c1. The Hall–Kier alpha value is -2.64. The lowest BCUT2D eigenvalue weighted by Crippen LogP contribution is -2.43. The fraction of sp³-hybridized carbons (Fsp3) is 0.235. The van der Waals surface area contributed by atoms with Gasteiger partial charge in [-0.2, -0.15) is 14.0 Å². The Bertz CT molecular complexity index is 1140. The van der Waals surface area contributed by atoms with Gasteiger partial charge < -0.3 is 9.84 Å². The van der Waals surface area contributed by atoms with Crippen LogP contribution in [0.25, 0.3) is 0 Å². The molecule has 0 saturated carbocycles. The predicted molar refractivity (Wildman–Crippen MR) is 82.1 cm³/mol. The number of hydrogen-bond acceptors (Lipinski definition) is 5. The van der Waals surface area contributed by atoms with Crippen LogP contribution in [0.2, 0.25) is 0 Å². The van der Waals surface area contributed by atoms with Crippen molar-refractivity contribution in [3.05, 3.63) is 52.8 Å². The van der Waals surface area contributed by atoms with Gasteiger partial charge in [0.2, 0.25) is 9.84 Å². The number of ether oxygens (including phenoxy) is 1. The minimum Gasteiger partial charge on any atom is -0.457 e. The first-order valence-corrected chi connectivity index (χ1v) is 9.06. The number of rotatable bonds is 2. The van der Waals surface area contributed by atoms with E-state index < -0.39 is 55.1 Å². The van der Waals surface area contributed by atoms with Gasteiger partial charge >= 0.3 is 5.25 Å². The number of alkyl halides is 3. The van der Waals surface area contributed by atoms with Crippen molar-refractivity contribution in [3.63, 3.8) is 0 Å². The second-order valence-electron chi connectivity index (χ2n) is 6.29. The molecule has 0 radical (unpaired) electrons. The topological polar surface area (TPSA) is 87.4 Å². The minimum absolute atomic E-state index is 0.0926. The van der Waals surface area contributed by atoms with Crippen molar-refractivity contribution < 1.29 is 35.8 Å². The van der Waals surface area contributed by atoms with Gasteiger partial charge in [-0.15, -0.1) is 0 Å². The van der Waals surface area contributed by atoms with Crippen molar-refractivity contribution in [1.29, 1.82) is 5.26 Å². The van der Waals surface area contributed by atoms with Crippen LogP contribution in [0.15, 0.2) is 35.2 Å². The first kappa shape index (κ1) is 17.8. The third kappa shape index (κ3) is 2.09. The third-order valence-corrected chi connectivity index (χ3v) is 6.64. The van der Waals surface area contributed by atoms with E-state index >= 15 is 0 Å². The van der Waals surface area contributed by atoms with Crippen LogP contribution < -0.4 is 4.74 Å². The maximum absolute atomic E-state index is 14.5. The summed E-state index contributed by atoms with van der Waals surface area (Å²) in [5, 5.41) is 14.6. The van der Waals surface area contributed by atoms with E-state index in [2.05, 4.69) is 0 Å². The minimum atomic E-state index is -5.20. The summed E-state index contributed by atoms with van der Waals surface area (Å²) < 4.78 is 86.2. The van der Waals surface area contributed by atoms with Crippen LogP contribution in [-0.2, 0) is 15.4 Å². The van der Waals surface area contributed by atoms with Gasteiger partial charge in [-0.3, -0.25) is 0 Å². The van der Waals surface area contributed by atoms with Crippen LogP contribution in [0.4, 0.5) is 17.6 Å². The van der Waals surface area contributed by atoms with E-state index in [4.69, 9.17) is 10.00 Å². The zero-order valence-electron chi connectivity index (χ0n) is 13.2. The number of hydrogen-bond donors (Lipinski definition) is 1. The number of nitrogens with zero attached hydrogens (tertiary/aromatic N) is 1. The molecule has 0 amide bonds. The van der Waals surface area contributed by atoms with Crippen LogP contribution in [0.5, 0.6) is 11.5 Å². The van der Waals surface area contributed by atoms with Crippen molar-refractivity contribution in [1.82, 2.24) is 0 Å². The molecule has 2 aliphatic rings. The Morgan fingerprint density at radius 1 is 1.26 bits per heavy atom. The first-order chi connectivity index (χ1) is 12.5. The summed E-state index contributed by atoms with van der Waals surface area (Å²) in [4.78, 5) is -0.866. The molecule has 5 nitrogen and oxygen atoms in total. The summed E-state index contributed by atoms with van der Waals surface area (Å²) >= 11 is 0. The Morgan fingerprint density at radius 2 is 1.96 bits per heavy atom. The van der Waals surface area contributed by atoms with E-state index in [1.54, 1.807) is 6.07 Å². The van der Waals surface area contributed by atoms with Gasteiger partial charge in [-0.05, 0) is 24.3 Å². The maximum Gasteiger partial charge on any atom is 0.382 e. The highest BCUT2D eigenvalue weighted by Crippen LogP contribution is 2.64. The molecule has 4 rings (SSSR count). The fourth-order valence-electron chi connectivity index (χ4n) is 3.53. The second kappa shape index (κ2) is 5.21. The van der Waals surface area contributed by atoms with Crippen LogP contribution in [-0.4, -0.2) is 18.8 Å². The molecule has 1 heterocycles. The van der Waals surface area contributed by atoms with Crippen LogP contribution in [0.1, 0.15) is 29.3 Å². The fourth-order valence-corrected chi connectivity index (χ4v) is 5.23. The van der Waals surface area contributed by atoms with Crippen molar-refractivity contribution in [3.8, 4) is 17.6 Å². The van der Waals surface area contributed by atoms with Gasteiger partial charge in [0.15, 0.2) is 5.60 Å². The molecule has 0 bridgehead atoms. The van der Waals surface area contributed by atoms with Gasteiger partial charge in [0.25, 0.3) is 0 Å². The van der Waals surface area contributed by atoms with Crippen molar-refractivity contribution in [2.75, 3.05) is 0 Å². The van der Waals surface area contributed by atoms with E-state index in [-0.39, 0.29) is 17.1 Å². The van der Waals surface area contributed by atoms with Gasteiger partial charge in [0.05, 0.1) is 16.5 Å². The van der Waals surface area contributed by atoms with Crippen molar-refractivity contribution in [2.45, 2.75) is 28.3 Å². The molecule has 27 heavy (non-hydrogen) atoms. The molecular weight excluding hydrogens is 390 g/mol. The highest BCUT2D eigenvalue weighted by atomic mass is 32.2. The number of halogens is 4. The molecule has 2 aromatic rings. The molecular formula is C17H9F4NO4S. The summed E-state index contributed by atoms with van der Waals surface area (Å²) in [6, 6.07) is 6.41. The zero-order chi connectivity index (χ0) is 19.8. The Kier molecular flexibility index (Phi) is 3.42. The number of benzene rings is 2. The van der Waals surface area contributed by atoms with Crippen molar-refractivity contribution >= 4 is 9.84 Å². The van der Waals surface area contributed by atoms with E-state index in [9.17, 15) is 31.1 Å². The van der Waals surface area contributed by atoms with Gasteiger partial charge in [0.1, 0.15) is 23.5 Å². The molecule has 0 fully saturated rings. The summed E-state index contributed by atoms with van der Waals surface area (Å²) in [5.41, 5.74) is -4.58. The van der Waals surface area contributed by atoms with E-state index in [0.29, 0.717) is 0 Å². The third-order valence-electron chi connectivity index (χ3n) is 4.71. The molecule has 2 atom stereocenters. The van der Waals surface area contributed by atoms with Gasteiger partial charge in [0, 0.05) is 23.6 Å². The Balaban J connectivity index is 1.91. The average Bonchev–Trinajstić information content (AvgIpc) is 2.92. The summed E-state index contributed by atoms with van der Waals surface area (Å²) in [6.45, 7) is 0. The lowest BCUT2D eigenvalue weighted by Gasteiger charge is -2.25. The quantitative estimate of drug-likeness (QED) is 0.782.